The zero-order chi connectivity index (χ0) is 15.2. The lowest BCUT2D eigenvalue weighted by Gasteiger charge is -2.08. The fourth-order valence-corrected chi connectivity index (χ4v) is 1.67. The van der Waals surface area contributed by atoms with Crippen molar-refractivity contribution in [1.82, 2.24) is 0 Å². The van der Waals surface area contributed by atoms with E-state index in [9.17, 15) is 13.6 Å². The molecule has 0 aromatic heterocycles. The number of carbonyl (C=O) groups excluding carboxylic acids is 1. The zero-order valence-corrected chi connectivity index (χ0v) is 10.9. The summed E-state index contributed by atoms with van der Waals surface area (Å²) in [7, 11) is 0. The van der Waals surface area contributed by atoms with Crippen LogP contribution >= 0.6 is 0 Å². The van der Waals surface area contributed by atoms with E-state index in [2.05, 4.69) is 10.6 Å². The molecule has 2 aromatic carbocycles. The molecule has 21 heavy (non-hydrogen) atoms. The number of nitrogens with one attached hydrogen (secondary N) is 2. The first-order chi connectivity index (χ1) is 10.1. The van der Waals surface area contributed by atoms with Crippen LogP contribution in [-0.2, 0) is 4.79 Å². The van der Waals surface area contributed by atoms with Crippen molar-refractivity contribution in [3.8, 4) is 6.07 Å². The molecular weight excluding hydrogens is 276 g/mol. The van der Waals surface area contributed by atoms with Gasteiger partial charge < -0.3 is 10.6 Å². The third-order valence-electron chi connectivity index (χ3n) is 2.65. The van der Waals surface area contributed by atoms with Crippen LogP contribution in [0.25, 0.3) is 0 Å². The predicted molar refractivity (Wildman–Crippen MR) is 74.6 cm³/mol. The first-order valence-corrected chi connectivity index (χ1v) is 6.07. The Labute approximate surface area is 120 Å². The standard InChI is InChI=1S/C15H11F2N3O/c16-11-2-1-3-12(7-11)20-15(21)9-19-14-5-4-10(8-18)6-13(14)17/h1-7,19H,9H2,(H,20,21). The highest BCUT2D eigenvalue weighted by Crippen LogP contribution is 2.15. The molecular formula is C15H11F2N3O. The first kappa shape index (κ1) is 14.5. The highest BCUT2D eigenvalue weighted by atomic mass is 19.1. The topological polar surface area (TPSA) is 64.9 Å². The second-order valence-corrected chi connectivity index (χ2v) is 4.22. The summed E-state index contributed by atoms with van der Waals surface area (Å²) in [5.74, 6) is -1.52. The van der Waals surface area contributed by atoms with E-state index < -0.39 is 17.5 Å². The Hall–Kier alpha value is -2.94. The molecule has 4 nitrogen and oxygen atoms in total. The maximum Gasteiger partial charge on any atom is 0.243 e. The van der Waals surface area contributed by atoms with Crippen molar-refractivity contribution in [2.75, 3.05) is 17.2 Å². The fourth-order valence-electron chi connectivity index (χ4n) is 1.67. The van der Waals surface area contributed by atoms with Crippen LogP contribution < -0.4 is 10.6 Å². The number of rotatable bonds is 4. The molecule has 0 atom stereocenters. The van der Waals surface area contributed by atoms with Crippen molar-refractivity contribution in [3.05, 3.63) is 59.7 Å². The Balaban J connectivity index is 1.94. The Morgan fingerprint density at radius 1 is 1.19 bits per heavy atom. The quantitative estimate of drug-likeness (QED) is 0.908. The van der Waals surface area contributed by atoms with E-state index in [-0.39, 0.29) is 17.8 Å². The number of hydrogen-bond donors (Lipinski definition) is 2. The monoisotopic (exact) mass is 287 g/mol. The second kappa shape index (κ2) is 6.48. The van der Waals surface area contributed by atoms with Crippen molar-refractivity contribution in [2.45, 2.75) is 0 Å². The maximum absolute atomic E-state index is 13.6. The molecule has 0 unspecified atom stereocenters. The molecule has 2 N–H and O–H groups in total. The summed E-state index contributed by atoms with van der Waals surface area (Å²) >= 11 is 0. The fraction of sp³-hybridized carbons (Fsp3) is 0.0667. The minimum absolute atomic E-state index is 0.114. The maximum atomic E-state index is 13.6. The zero-order valence-electron chi connectivity index (χ0n) is 10.9. The number of nitrogens with zero attached hydrogens (tertiary/aromatic N) is 1. The first-order valence-electron chi connectivity index (χ1n) is 6.07. The van der Waals surface area contributed by atoms with Gasteiger partial charge in [-0.2, -0.15) is 5.26 Å². The predicted octanol–water partition coefficient (Wildman–Crippen LogP) is 2.89. The molecule has 2 rings (SSSR count). The lowest BCUT2D eigenvalue weighted by atomic mass is 10.2. The third-order valence-corrected chi connectivity index (χ3v) is 2.65. The number of hydrogen-bond acceptors (Lipinski definition) is 3. The number of amides is 1. The van der Waals surface area contributed by atoms with Gasteiger partial charge in [-0.25, -0.2) is 8.78 Å². The van der Waals surface area contributed by atoms with Gasteiger partial charge in [0.05, 0.1) is 23.9 Å². The molecule has 1 amide bonds. The van der Waals surface area contributed by atoms with Crippen LogP contribution in [0, 0.1) is 23.0 Å². The molecule has 0 aliphatic carbocycles. The molecule has 0 saturated carbocycles. The average molecular weight is 287 g/mol. The highest BCUT2D eigenvalue weighted by Gasteiger charge is 2.06. The van der Waals surface area contributed by atoms with E-state index in [1.807, 2.05) is 6.07 Å². The summed E-state index contributed by atoms with van der Waals surface area (Å²) < 4.78 is 26.5. The third kappa shape index (κ3) is 4.01. The lowest BCUT2D eigenvalue weighted by Crippen LogP contribution is -2.22. The van der Waals surface area contributed by atoms with Crippen LogP contribution in [0.5, 0.6) is 0 Å². The van der Waals surface area contributed by atoms with Gasteiger partial charge in [-0.3, -0.25) is 4.79 Å². The summed E-state index contributed by atoms with van der Waals surface area (Å²) in [5.41, 5.74) is 0.632. The van der Waals surface area contributed by atoms with E-state index in [1.165, 1.54) is 30.3 Å². The smallest absolute Gasteiger partial charge is 0.243 e. The molecule has 0 aliphatic heterocycles. The summed E-state index contributed by atoms with van der Waals surface area (Å²) in [5, 5.41) is 13.7. The molecule has 2 aromatic rings. The van der Waals surface area contributed by atoms with Crippen molar-refractivity contribution in [2.24, 2.45) is 0 Å². The molecule has 0 fully saturated rings. The number of halogens is 2. The molecule has 0 bridgehead atoms. The minimum atomic E-state index is -0.618. The number of nitriles is 1. The van der Waals surface area contributed by atoms with Gasteiger partial charge in [0.1, 0.15) is 11.6 Å². The van der Waals surface area contributed by atoms with Gasteiger partial charge in [0.25, 0.3) is 0 Å². The van der Waals surface area contributed by atoms with Gasteiger partial charge in [0, 0.05) is 5.69 Å². The Morgan fingerprint density at radius 2 is 2.00 bits per heavy atom. The SMILES string of the molecule is N#Cc1ccc(NCC(=O)Nc2cccc(F)c2)c(F)c1. The van der Waals surface area contributed by atoms with Crippen molar-refractivity contribution < 1.29 is 13.6 Å². The average Bonchev–Trinajstić information content (AvgIpc) is 2.46. The minimum Gasteiger partial charge on any atom is -0.374 e. The van der Waals surface area contributed by atoms with Crippen molar-refractivity contribution in [3.63, 3.8) is 0 Å². The Bertz CT molecular complexity index is 710. The normalized spacial score (nSPS) is 9.76. The van der Waals surface area contributed by atoms with Gasteiger partial charge >= 0.3 is 0 Å². The van der Waals surface area contributed by atoms with Crippen molar-refractivity contribution in [1.29, 1.82) is 5.26 Å². The molecule has 0 spiro atoms. The number of benzene rings is 2. The number of anilines is 2. The van der Waals surface area contributed by atoms with E-state index in [0.29, 0.717) is 5.69 Å². The van der Waals surface area contributed by atoms with Crippen molar-refractivity contribution >= 4 is 17.3 Å². The van der Waals surface area contributed by atoms with Gasteiger partial charge in [0.15, 0.2) is 0 Å². The lowest BCUT2D eigenvalue weighted by molar-refractivity contribution is -0.114. The van der Waals surface area contributed by atoms with Crippen LogP contribution in [0.15, 0.2) is 42.5 Å². The van der Waals surface area contributed by atoms with Gasteiger partial charge in [0.2, 0.25) is 5.91 Å². The van der Waals surface area contributed by atoms with E-state index >= 15 is 0 Å². The Kier molecular flexibility index (Phi) is 4.46. The molecule has 0 saturated heterocycles. The Morgan fingerprint density at radius 3 is 2.67 bits per heavy atom. The molecule has 0 heterocycles. The second-order valence-electron chi connectivity index (χ2n) is 4.22. The van der Waals surface area contributed by atoms with Crippen LogP contribution in [0.4, 0.5) is 20.2 Å². The van der Waals surface area contributed by atoms with Crippen LogP contribution in [0.3, 0.4) is 0 Å². The summed E-state index contributed by atoms with van der Waals surface area (Å²) in [6.45, 7) is -0.181. The largest absolute Gasteiger partial charge is 0.374 e. The van der Waals surface area contributed by atoms with E-state index in [4.69, 9.17) is 5.26 Å². The molecule has 0 radical (unpaired) electrons. The summed E-state index contributed by atoms with van der Waals surface area (Å²) in [6, 6.07) is 11.2. The highest BCUT2D eigenvalue weighted by molar-refractivity contribution is 5.93. The van der Waals surface area contributed by atoms with Gasteiger partial charge in [-0.05, 0) is 36.4 Å². The molecule has 0 aliphatic rings. The van der Waals surface area contributed by atoms with E-state index in [1.54, 1.807) is 6.07 Å². The van der Waals surface area contributed by atoms with Crippen LogP contribution in [0.2, 0.25) is 0 Å². The van der Waals surface area contributed by atoms with Gasteiger partial charge in [-0.15, -0.1) is 0 Å². The number of carbonyl (C=O) groups is 1. The summed E-state index contributed by atoms with van der Waals surface area (Å²) in [6.07, 6.45) is 0. The van der Waals surface area contributed by atoms with E-state index in [0.717, 1.165) is 6.07 Å². The summed E-state index contributed by atoms with van der Waals surface area (Å²) in [4.78, 5) is 11.7. The molecule has 106 valence electrons. The van der Waals surface area contributed by atoms with Crippen LogP contribution in [-0.4, -0.2) is 12.5 Å². The van der Waals surface area contributed by atoms with Crippen LogP contribution in [0.1, 0.15) is 5.56 Å². The molecule has 6 heteroatoms. The van der Waals surface area contributed by atoms with Gasteiger partial charge in [-0.1, -0.05) is 6.07 Å².